The molecule has 0 radical (unpaired) electrons. The van der Waals surface area contributed by atoms with E-state index in [0.29, 0.717) is 12.1 Å². The Labute approximate surface area is 132 Å². The number of hydrogen-bond acceptors (Lipinski definition) is 4. The average molecular weight is 308 g/mol. The minimum atomic E-state index is 0.493. The Morgan fingerprint density at radius 2 is 2.24 bits per heavy atom. The van der Waals surface area contributed by atoms with Gasteiger partial charge in [0.05, 0.1) is 12.7 Å². The second-order valence-corrected chi connectivity index (χ2v) is 7.65. The highest BCUT2D eigenvalue weighted by Crippen LogP contribution is 2.31. The van der Waals surface area contributed by atoms with Crippen LogP contribution in [0.15, 0.2) is 6.07 Å². The van der Waals surface area contributed by atoms with Crippen molar-refractivity contribution in [2.24, 2.45) is 0 Å². The fourth-order valence-electron chi connectivity index (χ4n) is 3.67. The summed E-state index contributed by atoms with van der Waals surface area (Å²) in [5, 5.41) is 3.43. The number of aryl methyl sites for hydroxylation is 1. The van der Waals surface area contributed by atoms with Crippen LogP contribution in [0.25, 0.3) is 0 Å². The molecular weight excluding hydrogens is 280 g/mol. The highest BCUT2D eigenvalue weighted by atomic mass is 32.1. The highest BCUT2D eigenvalue weighted by Gasteiger charge is 2.34. The van der Waals surface area contributed by atoms with Gasteiger partial charge in [0.2, 0.25) is 0 Å². The molecule has 2 atom stereocenters. The zero-order valence-corrected chi connectivity index (χ0v) is 14.2. The van der Waals surface area contributed by atoms with Crippen molar-refractivity contribution < 1.29 is 4.74 Å². The summed E-state index contributed by atoms with van der Waals surface area (Å²) in [6, 6.07) is 3.07. The summed E-state index contributed by atoms with van der Waals surface area (Å²) >= 11 is 1.95. The normalized spacial score (nSPS) is 26.8. The van der Waals surface area contributed by atoms with Crippen molar-refractivity contribution in [3.63, 3.8) is 0 Å². The van der Waals surface area contributed by atoms with Gasteiger partial charge in [0.15, 0.2) is 0 Å². The van der Waals surface area contributed by atoms with Gasteiger partial charge in [0.1, 0.15) is 0 Å². The van der Waals surface area contributed by atoms with Gasteiger partial charge in [0, 0.05) is 35.4 Å². The van der Waals surface area contributed by atoms with Gasteiger partial charge in [-0.25, -0.2) is 0 Å². The van der Waals surface area contributed by atoms with Crippen molar-refractivity contribution in [1.82, 2.24) is 10.2 Å². The third-order valence-corrected chi connectivity index (χ3v) is 5.93. The van der Waals surface area contributed by atoms with Gasteiger partial charge in [-0.15, -0.1) is 11.3 Å². The van der Waals surface area contributed by atoms with Gasteiger partial charge in [-0.2, -0.15) is 0 Å². The minimum absolute atomic E-state index is 0.493. The number of nitrogens with one attached hydrogen (secondary N) is 1. The van der Waals surface area contributed by atoms with Crippen LogP contribution in [0.5, 0.6) is 0 Å². The largest absolute Gasteiger partial charge is 0.375 e. The van der Waals surface area contributed by atoms with Gasteiger partial charge < -0.3 is 10.1 Å². The molecule has 0 bridgehead atoms. The molecule has 1 saturated carbocycles. The summed E-state index contributed by atoms with van der Waals surface area (Å²) < 4.78 is 5.99. The second-order valence-electron chi connectivity index (χ2n) is 6.31. The molecule has 1 aromatic rings. The van der Waals surface area contributed by atoms with E-state index in [0.717, 1.165) is 32.8 Å². The van der Waals surface area contributed by atoms with Crippen LogP contribution in [0, 0.1) is 6.92 Å². The SMILES string of the molecule is CCNCc1cc(CN2CCOC3CCCCC32)c(C)s1. The second kappa shape index (κ2) is 7.23. The Morgan fingerprint density at radius 1 is 1.38 bits per heavy atom. The third-order valence-electron chi connectivity index (χ3n) is 4.84. The molecule has 4 heteroatoms. The Balaban J connectivity index is 1.66. The van der Waals surface area contributed by atoms with Crippen molar-refractivity contribution in [2.45, 2.75) is 64.8 Å². The Bertz CT molecular complexity index is 458. The lowest BCUT2D eigenvalue weighted by Gasteiger charge is -2.43. The number of morpholine rings is 1. The third kappa shape index (κ3) is 3.67. The van der Waals surface area contributed by atoms with Crippen LogP contribution in [-0.2, 0) is 17.8 Å². The van der Waals surface area contributed by atoms with Gasteiger partial charge in [-0.1, -0.05) is 19.8 Å². The predicted octanol–water partition coefficient (Wildman–Crippen LogP) is 3.31. The van der Waals surface area contributed by atoms with E-state index in [1.165, 1.54) is 41.0 Å². The van der Waals surface area contributed by atoms with Gasteiger partial charge in [-0.3, -0.25) is 4.90 Å². The van der Waals surface area contributed by atoms with Crippen LogP contribution < -0.4 is 5.32 Å². The Morgan fingerprint density at radius 3 is 3.10 bits per heavy atom. The molecule has 0 spiro atoms. The van der Waals surface area contributed by atoms with Crippen molar-refractivity contribution >= 4 is 11.3 Å². The first-order valence-electron chi connectivity index (χ1n) is 8.42. The number of ether oxygens (including phenoxy) is 1. The summed E-state index contributed by atoms with van der Waals surface area (Å²) in [6.45, 7) is 9.61. The van der Waals surface area contributed by atoms with E-state index in [2.05, 4.69) is 30.1 Å². The zero-order valence-electron chi connectivity index (χ0n) is 13.4. The monoisotopic (exact) mass is 308 g/mol. The lowest BCUT2D eigenvalue weighted by atomic mass is 9.90. The maximum absolute atomic E-state index is 5.99. The van der Waals surface area contributed by atoms with E-state index in [1.54, 1.807) is 0 Å². The maximum atomic E-state index is 5.99. The van der Waals surface area contributed by atoms with E-state index in [-0.39, 0.29) is 0 Å². The average Bonchev–Trinajstić information content (AvgIpc) is 2.86. The van der Waals surface area contributed by atoms with E-state index in [9.17, 15) is 0 Å². The summed E-state index contributed by atoms with van der Waals surface area (Å²) in [6.07, 6.45) is 5.79. The molecule has 1 N–H and O–H groups in total. The molecule has 1 aliphatic carbocycles. The summed E-state index contributed by atoms with van der Waals surface area (Å²) in [5.41, 5.74) is 1.53. The molecule has 0 aromatic carbocycles. The minimum Gasteiger partial charge on any atom is -0.375 e. The van der Waals surface area contributed by atoms with Gasteiger partial charge >= 0.3 is 0 Å². The Kier molecular flexibility index (Phi) is 5.33. The highest BCUT2D eigenvalue weighted by molar-refractivity contribution is 7.12. The summed E-state index contributed by atoms with van der Waals surface area (Å²) in [5.74, 6) is 0. The smallest absolute Gasteiger partial charge is 0.0731 e. The first-order valence-corrected chi connectivity index (χ1v) is 9.24. The molecule has 2 aliphatic rings. The number of thiophene rings is 1. The van der Waals surface area contributed by atoms with Crippen LogP contribution in [0.1, 0.15) is 47.9 Å². The van der Waals surface area contributed by atoms with Crippen LogP contribution in [0.4, 0.5) is 0 Å². The van der Waals surface area contributed by atoms with Crippen molar-refractivity contribution in [3.8, 4) is 0 Å². The number of nitrogens with zero attached hydrogens (tertiary/aromatic N) is 1. The van der Waals surface area contributed by atoms with Crippen LogP contribution in [0.3, 0.4) is 0 Å². The van der Waals surface area contributed by atoms with Crippen LogP contribution in [-0.4, -0.2) is 36.7 Å². The quantitative estimate of drug-likeness (QED) is 0.903. The molecule has 2 heterocycles. The fraction of sp³-hybridized carbons (Fsp3) is 0.765. The molecule has 21 heavy (non-hydrogen) atoms. The lowest BCUT2D eigenvalue weighted by Crippen LogP contribution is -2.52. The molecule has 2 fully saturated rings. The number of rotatable bonds is 5. The topological polar surface area (TPSA) is 24.5 Å². The van der Waals surface area contributed by atoms with E-state index in [1.807, 2.05) is 11.3 Å². The number of fused-ring (bicyclic) bond motifs is 1. The molecular formula is C17H28N2OS. The molecule has 1 aromatic heterocycles. The van der Waals surface area contributed by atoms with E-state index < -0.39 is 0 Å². The molecule has 3 rings (SSSR count). The number of hydrogen-bond donors (Lipinski definition) is 1. The maximum Gasteiger partial charge on any atom is 0.0731 e. The molecule has 2 unspecified atom stereocenters. The van der Waals surface area contributed by atoms with Crippen molar-refractivity contribution in [1.29, 1.82) is 0 Å². The first-order chi connectivity index (χ1) is 10.3. The zero-order chi connectivity index (χ0) is 14.7. The van der Waals surface area contributed by atoms with Crippen molar-refractivity contribution in [3.05, 3.63) is 21.4 Å². The summed E-state index contributed by atoms with van der Waals surface area (Å²) in [4.78, 5) is 5.64. The Hall–Kier alpha value is -0.420. The fourth-order valence-corrected chi connectivity index (χ4v) is 4.69. The molecule has 118 valence electrons. The standard InChI is InChI=1S/C17H28N2OS/c1-3-18-11-15-10-14(13(2)21-15)12-19-8-9-20-17-7-5-4-6-16(17)19/h10,16-18H,3-9,11-12H2,1-2H3. The van der Waals surface area contributed by atoms with Crippen LogP contribution in [0.2, 0.25) is 0 Å². The summed E-state index contributed by atoms with van der Waals surface area (Å²) in [7, 11) is 0. The molecule has 1 saturated heterocycles. The molecule has 3 nitrogen and oxygen atoms in total. The predicted molar refractivity (Wildman–Crippen MR) is 88.8 cm³/mol. The van der Waals surface area contributed by atoms with Gasteiger partial charge in [-0.05, 0) is 37.9 Å². The van der Waals surface area contributed by atoms with E-state index in [4.69, 9.17) is 4.74 Å². The lowest BCUT2D eigenvalue weighted by molar-refractivity contribution is -0.0911. The molecule has 1 aliphatic heterocycles. The van der Waals surface area contributed by atoms with Crippen LogP contribution >= 0.6 is 11.3 Å². The first kappa shape index (κ1) is 15.5. The van der Waals surface area contributed by atoms with Gasteiger partial charge in [0.25, 0.3) is 0 Å². The van der Waals surface area contributed by atoms with E-state index >= 15 is 0 Å². The molecule has 0 amide bonds. The van der Waals surface area contributed by atoms with Crippen molar-refractivity contribution in [2.75, 3.05) is 19.7 Å².